The molecular weight excluding hydrogens is 204 g/mol. The molecule has 15 heavy (non-hydrogen) atoms. The van der Waals surface area contributed by atoms with Gasteiger partial charge >= 0.3 is 0 Å². The van der Waals surface area contributed by atoms with Gasteiger partial charge in [0.1, 0.15) is 0 Å². The molecule has 1 aliphatic heterocycles. The van der Waals surface area contributed by atoms with Crippen molar-refractivity contribution in [3.8, 4) is 0 Å². The van der Waals surface area contributed by atoms with Gasteiger partial charge in [0.15, 0.2) is 0 Å². The van der Waals surface area contributed by atoms with E-state index in [0.29, 0.717) is 5.92 Å². The fourth-order valence-corrected chi connectivity index (χ4v) is 3.29. The van der Waals surface area contributed by atoms with Crippen LogP contribution in [0.5, 0.6) is 0 Å². The molecule has 0 aliphatic carbocycles. The topological polar surface area (TPSA) is 24.9 Å². The van der Waals surface area contributed by atoms with Gasteiger partial charge in [-0.25, -0.2) is 4.98 Å². The molecule has 1 aromatic heterocycles. The largest absolute Gasteiger partial charge is 0.316 e. The minimum atomic E-state index is 0.641. The zero-order chi connectivity index (χ0) is 10.3. The first-order valence-corrected chi connectivity index (χ1v) is 6.22. The van der Waals surface area contributed by atoms with Crippen LogP contribution in [0.2, 0.25) is 0 Å². The smallest absolute Gasteiger partial charge is 0.0982 e. The molecule has 1 unspecified atom stereocenters. The van der Waals surface area contributed by atoms with Crippen LogP contribution in [-0.4, -0.2) is 18.1 Å². The predicted molar refractivity (Wildman–Crippen MR) is 64.6 cm³/mol. The SMILES string of the molecule is Cc1ccc2nc(C3CCNC3)sc2c1. The van der Waals surface area contributed by atoms with Crippen LogP contribution in [0.1, 0.15) is 22.9 Å². The van der Waals surface area contributed by atoms with E-state index in [1.807, 2.05) is 11.3 Å². The Kier molecular flexibility index (Phi) is 2.22. The Morgan fingerprint density at radius 1 is 1.47 bits per heavy atom. The standard InChI is InChI=1S/C12H14N2S/c1-8-2-3-10-11(6-8)15-12(14-10)9-4-5-13-7-9/h2-3,6,9,13H,4-5,7H2,1H3. The summed E-state index contributed by atoms with van der Waals surface area (Å²) < 4.78 is 1.33. The number of hydrogen-bond donors (Lipinski definition) is 1. The summed E-state index contributed by atoms with van der Waals surface area (Å²) in [7, 11) is 0. The number of aryl methyl sites for hydroxylation is 1. The number of hydrogen-bond acceptors (Lipinski definition) is 3. The van der Waals surface area contributed by atoms with Crippen LogP contribution in [0.15, 0.2) is 18.2 Å². The molecule has 3 rings (SSSR count). The van der Waals surface area contributed by atoms with Crippen molar-refractivity contribution in [2.45, 2.75) is 19.3 Å². The minimum Gasteiger partial charge on any atom is -0.316 e. The summed E-state index contributed by atoms with van der Waals surface area (Å²) in [4.78, 5) is 4.71. The summed E-state index contributed by atoms with van der Waals surface area (Å²) in [5, 5.41) is 4.70. The summed E-state index contributed by atoms with van der Waals surface area (Å²) in [6, 6.07) is 6.50. The van der Waals surface area contributed by atoms with Crippen molar-refractivity contribution in [2.24, 2.45) is 0 Å². The maximum atomic E-state index is 4.71. The molecule has 78 valence electrons. The first kappa shape index (κ1) is 9.31. The van der Waals surface area contributed by atoms with Gasteiger partial charge in [0, 0.05) is 12.5 Å². The molecule has 1 aliphatic rings. The van der Waals surface area contributed by atoms with Gasteiger partial charge in [-0.15, -0.1) is 11.3 Å². The Balaban J connectivity index is 2.05. The molecule has 2 nitrogen and oxygen atoms in total. The highest BCUT2D eigenvalue weighted by molar-refractivity contribution is 7.18. The average Bonchev–Trinajstić information content (AvgIpc) is 2.84. The fourth-order valence-electron chi connectivity index (χ4n) is 2.09. The number of nitrogens with zero attached hydrogens (tertiary/aromatic N) is 1. The molecule has 0 radical (unpaired) electrons. The normalized spacial score (nSPS) is 21.3. The molecule has 0 amide bonds. The molecule has 1 atom stereocenters. The summed E-state index contributed by atoms with van der Waals surface area (Å²) in [6.45, 7) is 4.37. The molecule has 0 bridgehead atoms. The highest BCUT2D eigenvalue weighted by Crippen LogP contribution is 2.30. The van der Waals surface area contributed by atoms with Crippen LogP contribution < -0.4 is 5.32 Å². The molecule has 1 N–H and O–H groups in total. The van der Waals surface area contributed by atoms with Crippen molar-refractivity contribution < 1.29 is 0 Å². The maximum Gasteiger partial charge on any atom is 0.0982 e. The summed E-state index contributed by atoms with van der Waals surface area (Å²) >= 11 is 1.86. The zero-order valence-corrected chi connectivity index (χ0v) is 9.60. The van der Waals surface area contributed by atoms with Gasteiger partial charge < -0.3 is 5.32 Å². The highest BCUT2D eigenvalue weighted by atomic mass is 32.1. The van der Waals surface area contributed by atoms with E-state index in [9.17, 15) is 0 Å². The van der Waals surface area contributed by atoms with Gasteiger partial charge in [-0.3, -0.25) is 0 Å². The fraction of sp³-hybridized carbons (Fsp3) is 0.417. The lowest BCUT2D eigenvalue weighted by atomic mass is 10.1. The van der Waals surface area contributed by atoms with Gasteiger partial charge in [-0.05, 0) is 37.6 Å². The molecule has 1 fully saturated rings. The van der Waals surface area contributed by atoms with E-state index >= 15 is 0 Å². The minimum absolute atomic E-state index is 0.641. The van der Waals surface area contributed by atoms with Gasteiger partial charge in [0.05, 0.1) is 15.2 Å². The van der Waals surface area contributed by atoms with Crippen molar-refractivity contribution in [1.29, 1.82) is 0 Å². The van der Waals surface area contributed by atoms with Crippen LogP contribution >= 0.6 is 11.3 Å². The number of benzene rings is 1. The van der Waals surface area contributed by atoms with Gasteiger partial charge in [0.25, 0.3) is 0 Å². The molecular formula is C12H14N2S. The molecule has 2 aromatic rings. The van der Waals surface area contributed by atoms with Crippen molar-refractivity contribution in [3.05, 3.63) is 28.8 Å². The Morgan fingerprint density at radius 3 is 3.20 bits per heavy atom. The summed E-state index contributed by atoms with van der Waals surface area (Å²) in [6.07, 6.45) is 1.23. The monoisotopic (exact) mass is 218 g/mol. The van der Waals surface area contributed by atoms with Crippen molar-refractivity contribution in [2.75, 3.05) is 13.1 Å². The molecule has 0 spiro atoms. The second-order valence-electron chi connectivity index (χ2n) is 4.21. The number of fused-ring (bicyclic) bond motifs is 1. The van der Waals surface area contributed by atoms with Crippen molar-refractivity contribution >= 4 is 21.6 Å². The number of aromatic nitrogens is 1. The lowest BCUT2D eigenvalue weighted by molar-refractivity contribution is 0.758. The molecule has 1 saturated heterocycles. The highest BCUT2D eigenvalue weighted by Gasteiger charge is 2.20. The predicted octanol–water partition coefficient (Wildman–Crippen LogP) is 2.68. The third-order valence-electron chi connectivity index (χ3n) is 2.97. The second kappa shape index (κ2) is 3.58. The Morgan fingerprint density at radius 2 is 2.40 bits per heavy atom. The van der Waals surface area contributed by atoms with E-state index in [4.69, 9.17) is 4.98 Å². The van der Waals surface area contributed by atoms with Gasteiger partial charge in [-0.2, -0.15) is 0 Å². The third-order valence-corrected chi connectivity index (χ3v) is 4.15. The van der Waals surface area contributed by atoms with Crippen molar-refractivity contribution in [1.82, 2.24) is 10.3 Å². The number of nitrogens with one attached hydrogen (secondary N) is 1. The van der Waals surface area contributed by atoms with Crippen LogP contribution in [-0.2, 0) is 0 Å². The quantitative estimate of drug-likeness (QED) is 0.796. The number of thiazole rings is 1. The molecule has 3 heteroatoms. The number of rotatable bonds is 1. The summed E-state index contributed by atoms with van der Waals surface area (Å²) in [5.41, 5.74) is 2.48. The van der Waals surface area contributed by atoms with E-state index in [2.05, 4.69) is 30.4 Å². The van der Waals surface area contributed by atoms with Crippen molar-refractivity contribution in [3.63, 3.8) is 0 Å². The molecule has 1 aromatic carbocycles. The first-order chi connectivity index (χ1) is 7.33. The van der Waals surface area contributed by atoms with E-state index in [1.165, 1.54) is 21.7 Å². The van der Waals surface area contributed by atoms with Crippen LogP contribution in [0, 0.1) is 6.92 Å². The second-order valence-corrected chi connectivity index (χ2v) is 5.28. The first-order valence-electron chi connectivity index (χ1n) is 5.41. The zero-order valence-electron chi connectivity index (χ0n) is 8.79. The van der Waals surface area contributed by atoms with E-state index in [0.717, 1.165) is 18.6 Å². The van der Waals surface area contributed by atoms with Crippen LogP contribution in [0.3, 0.4) is 0 Å². The Hall–Kier alpha value is -0.930. The Labute approximate surface area is 93.3 Å². The lowest BCUT2D eigenvalue weighted by Crippen LogP contribution is -2.07. The maximum absolute atomic E-state index is 4.71. The molecule has 0 saturated carbocycles. The van der Waals surface area contributed by atoms with E-state index < -0.39 is 0 Å². The van der Waals surface area contributed by atoms with Gasteiger partial charge in [-0.1, -0.05) is 6.07 Å². The van der Waals surface area contributed by atoms with Crippen LogP contribution in [0.25, 0.3) is 10.2 Å². The summed E-state index contributed by atoms with van der Waals surface area (Å²) in [5.74, 6) is 0.641. The van der Waals surface area contributed by atoms with Crippen LogP contribution in [0.4, 0.5) is 0 Å². The Bertz CT molecular complexity index is 483. The third kappa shape index (κ3) is 1.66. The lowest BCUT2D eigenvalue weighted by Gasteiger charge is -2.00. The van der Waals surface area contributed by atoms with E-state index in [-0.39, 0.29) is 0 Å². The van der Waals surface area contributed by atoms with Gasteiger partial charge in [0.2, 0.25) is 0 Å². The van der Waals surface area contributed by atoms with E-state index in [1.54, 1.807) is 0 Å². The average molecular weight is 218 g/mol. The molecule has 2 heterocycles.